The lowest BCUT2D eigenvalue weighted by Crippen LogP contribution is -2.24. The maximum atomic E-state index is 13.3. The summed E-state index contributed by atoms with van der Waals surface area (Å²) in [5.74, 6) is -0.728. The average molecular weight is 479 g/mol. The van der Waals surface area contributed by atoms with E-state index in [-0.39, 0.29) is 40.1 Å². The van der Waals surface area contributed by atoms with Crippen molar-refractivity contribution in [1.29, 1.82) is 0 Å². The molecule has 178 valence electrons. The predicted octanol–water partition coefficient (Wildman–Crippen LogP) is 4.79. The lowest BCUT2D eigenvalue weighted by Gasteiger charge is -2.16. The summed E-state index contributed by atoms with van der Waals surface area (Å²) in [6.07, 6.45) is -3.11. The number of aromatic nitrogens is 3. The lowest BCUT2D eigenvalue weighted by molar-refractivity contribution is -0.137. The number of hydrogen-bond acceptors (Lipinski definition) is 5. The summed E-state index contributed by atoms with van der Waals surface area (Å²) < 4.78 is 39.9. The maximum absolute atomic E-state index is 13.3. The van der Waals surface area contributed by atoms with E-state index in [4.69, 9.17) is 5.73 Å². The van der Waals surface area contributed by atoms with E-state index in [0.717, 1.165) is 17.7 Å². The van der Waals surface area contributed by atoms with Gasteiger partial charge in [0.2, 0.25) is 5.95 Å². The van der Waals surface area contributed by atoms with Gasteiger partial charge < -0.3 is 16.0 Å². The summed E-state index contributed by atoms with van der Waals surface area (Å²) >= 11 is 0. The molecule has 7 nitrogen and oxygen atoms in total. The fraction of sp³-hybridized carbons (Fsp3) is 0.120. The van der Waals surface area contributed by atoms with E-state index in [1.165, 1.54) is 30.5 Å². The Bertz CT molecular complexity index is 1440. The molecule has 0 aliphatic carbocycles. The Morgan fingerprint density at radius 1 is 1.06 bits per heavy atom. The monoisotopic (exact) mass is 479 g/mol. The van der Waals surface area contributed by atoms with Gasteiger partial charge in [0.15, 0.2) is 0 Å². The molecule has 1 amide bonds. The summed E-state index contributed by atoms with van der Waals surface area (Å²) in [6.45, 7) is 1.92. The first-order chi connectivity index (χ1) is 16.6. The van der Waals surface area contributed by atoms with Crippen LogP contribution < -0.4 is 16.6 Å². The van der Waals surface area contributed by atoms with E-state index in [9.17, 15) is 22.8 Å². The molecule has 0 aliphatic rings. The summed E-state index contributed by atoms with van der Waals surface area (Å²) in [4.78, 5) is 35.5. The van der Waals surface area contributed by atoms with Gasteiger partial charge in [-0.2, -0.15) is 13.2 Å². The number of halogens is 3. The van der Waals surface area contributed by atoms with Crippen molar-refractivity contribution in [3.63, 3.8) is 0 Å². The average Bonchev–Trinajstić information content (AvgIpc) is 2.84. The SMILES string of the molecule is C[C@H](Nc1nccc(-c2cc(C(N)=O)c(=O)[nH]c2-c2cccc(C(F)(F)F)c2)n1)c1ccccc1. The minimum Gasteiger partial charge on any atom is -0.365 e. The van der Waals surface area contributed by atoms with Crippen LogP contribution in [-0.2, 0) is 6.18 Å². The van der Waals surface area contributed by atoms with Gasteiger partial charge in [-0.1, -0.05) is 42.5 Å². The minimum absolute atomic E-state index is 0.0619. The molecular formula is C25H20F3N5O2. The highest BCUT2D eigenvalue weighted by molar-refractivity contribution is 5.95. The third-order valence-electron chi connectivity index (χ3n) is 5.36. The summed E-state index contributed by atoms with van der Waals surface area (Å²) in [7, 11) is 0. The first kappa shape index (κ1) is 23.7. The molecule has 4 rings (SSSR count). The molecule has 2 aromatic carbocycles. The van der Waals surface area contributed by atoms with E-state index in [1.807, 2.05) is 37.3 Å². The summed E-state index contributed by atoms with van der Waals surface area (Å²) in [5.41, 5.74) is 4.92. The Morgan fingerprint density at radius 3 is 2.49 bits per heavy atom. The molecule has 0 bridgehead atoms. The summed E-state index contributed by atoms with van der Waals surface area (Å²) in [6, 6.07) is 16.7. The smallest absolute Gasteiger partial charge is 0.365 e. The molecule has 2 aromatic heterocycles. The second-order valence-electron chi connectivity index (χ2n) is 7.79. The fourth-order valence-electron chi connectivity index (χ4n) is 3.59. The van der Waals surface area contributed by atoms with Crippen LogP contribution in [0.15, 0.2) is 77.7 Å². The van der Waals surface area contributed by atoms with E-state index in [1.54, 1.807) is 0 Å². The molecule has 0 saturated heterocycles. The second kappa shape index (κ2) is 9.41. The normalized spacial score (nSPS) is 12.2. The predicted molar refractivity (Wildman–Crippen MR) is 126 cm³/mol. The van der Waals surface area contributed by atoms with Gasteiger partial charge in [0.05, 0.1) is 23.0 Å². The molecule has 10 heteroatoms. The van der Waals surface area contributed by atoms with E-state index >= 15 is 0 Å². The van der Waals surface area contributed by atoms with E-state index < -0.39 is 23.2 Å². The van der Waals surface area contributed by atoms with Crippen LogP contribution in [0.3, 0.4) is 0 Å². The lowest BCUT2D eigenvalue weighted by atomic mass is 9.99. The van der Waals surface area contributed by atoms with Crippen LogP contribution in [0.5, 0.6) is 0 Å². The van der Waals surface area contributed by atoms with Gasteiger partial charge in [-0.25, -0.2) is 9.97 Å². The molecule has 0 aliphatic heterocycles. The van der Waals surface area contributed by atoms with Crippen molar-refractivity contribution in [2.45, 2.75) is 19.1 Å². The van der Waals surface area contributed by atoms with Crippen LogP contribution in [0.2, 0.25) is 0 Å². The van der Waals surface area contributed by atoms with Gasteiger partial charge in [0.1, 0.15) is 5.56 Å². The quantitative estimate of drug-likeness (QED) is 0.368. The zero-order valence-corrected chi connectivity index (χ0v) is 18.4. The number of hydrogen-bond donors (Lipinski definition) is 3. The Hall–Kier alpha value is -4.47. The summed E-state index contributed by atoms with van der Waals surface area (Å²) in [5, 5.41) is 3.17. The topological polar surface area (TPSA) is 114 Å². The number of benzene rings is 2. The number of nitrogens with zero attached hydrogens (tertiary/aromatic N) is 2. The van der Waals surface area contributed by atoms with Gasteiger partial charge >= 0.3 is 6.18 Å². The molecule has 0 fully saturated rings. The van der Waals surface area contributed by atoms with Crippen molar-refractivity contribution in [3.05, 3.63) is 100.0 Å². The standard InChI is InChI=1S/C25H20F3N5O2/c1-14(15-6-3-2-4-7-15)31-24-30-11-10-20(32-24)18-13-19(22(29)34)23(35)33-21(18)16-8-5-9-17(12-16)25(26,27)28/h2-14H,1H3,(H2,29,34)(H,33,35)(H,30,31,32)/t14-/m0/s1. The number of anilines is 1. The fourth-order valence-corrected chi connectivity index (χ4v) is 3.59. The van der Waals surface area contributed by atoms with Gasteiger partial charge in [-0.3, -0.25) is 9.59 Å². The third kappa shape index (κ3) is 5.21. The van der Waals surface area contributed by atoms with Crippen molar-refractivity contribution in [1.82, 2.24) is 15.0 Å². The largest absolute Gasteiger partial charge is 0.416 e. The number of primary amides is 1. The number of rotatable bonds is 6. The van der Waals surface area contributed by atoms with Crippen molar-refractivity contribution in [3.8, 4) is 22.5 Å². The zero-order chi connectivity index (χ0) is 25.2. The van der Waals surface area contributed by atoms with Crippen LogP contribution in [-0.4, -0.2) is 20.9 Å². The van der Waals surface area contributed by atoms with Gasteiger partial charge in [0.25, 0.3) is 11.5 Å². The number of aromatic amines is 1. The number of alkyl halides is 3. The van der Waals surface area contributed by atoms with Crippen molar-refractivity contribution >= 4 is 11.9 Å². The van der Waals surface area contributed by atoms with E-state index in [2.05, 4.69) is 20.3 Å². The molecule has 0 unspecified atom stereocenters. The molecule has 0 radical (unpaired) electrons. The van der Waals surface area contributed by atoms with Crippen LogP contribution in [0.25, 0.3) is 22.5 Å². The molecule has 0 spiro atoms. The maximum Gasteiger partial charge on any atom is 0.416 e. The van der Waals surface area contributed by atoms with Gasteiger partial charge in [-0.15, -0.1) is 0 Å². The highest BCUT2D eigenvalue weighted by atomic mass is 19.4. The van der Waals surface area contributed by atoms with Crippen molar-refractivity contribution in [2.24, 2.45) is 5.73 Å². The van der Waals surface area contributed by atoms with Gasteiger partial charge in [-0.05, 0) is 42.3 Å². The first-order valence-electron chi connectivity index (χ1n) is 10.5. The van der Waals surface area contributed by atoms with Crippen molar-refractivity contribution < 1.29 is 18.0 Å². The Kier molecular flexibility index (Phi) is 6.37. The number of carbonyl (C=O) groups excluding carboxylic acids is 1. The molecule has 35 heavy (non-hydrogen) atoms. The van der Waals surface area contributed by atoms with Crippen LogP contribution >= 0.6 is 0 Å². The van der Waals surface area contributed by atoms with E-state index in [0.29, 0.717) is 0 Å². The highest BCUT2D eigenvalue weighted by Gasteiger charge is 2.31. The Balaban J connectivity index is 1.82. The molecular weight excluding hydrogens is 459 g/mol. The minimum atomic E-state index is -4.58. The third-order valence-corrected chi connectivity index (χ3v) is 5.36. The number of nitrogens with two attached hydrogens (primary N) is 1. The highest BCUT2D eigenvalue weighted by Crippen LogP contribution is 2.35. The zero-order valence-electron chi connectivity index (χ0n) is 18.4. The Labute approximate surface area is 197 Å². The number of H-pyrrole nitrogens is 1. The second-order valence-corrected chi connectivity index (χ2v) is 7.79. The van der Waals surface area contributed by atoms with Crippen molar-refractivity contribution in [2.75, 3.05) is 5.32 Å². The number of amides is 1. The van der Waals surface area contributed by atoms with Gasteiger partial charge in [0, 0.05) is 11.8 Å². The molecule has 0 saturated carbocycles. The van der Waals surface area contributed by atoms with Crippen LogP contribution in [0.4, 0.5) is 19.1 Å². The molecule has 1 atom stereocenters. The first-order valence-corrected chi connectivity index (χ1v) is 10.5. The molecule has 4 aromatic rings. The molecule has 4 N–H and O–H groups in total. The number of carbonyl (C=O) groups is 1. The Morgan fingerprint density at radius 2 is 1.80 bits per heavy atom. The number of nitrogens with one attached hydrogen (secondary N) is 2. The van der Waals surface area contributed by atoms with Crippen LogP contribution in [0, 0.1) is 0 Å². The number of pyridine rings is 1. The van der Waals surface area contributed by atoms with Crippen LogP contribution in [0.1, 0.15) is 34.5 Å². The molecule has 2 heterocycles.